The maximum Gasteiger partial charge on any atom is 0.414 e. The Kier molecular flexibility index (Phi) is 10.9. The molecule has 38 heavy (non-hydrogen) atoms. The van der Waals surface area contributed by atoms with Crippen molar-refractivity contribution in [1.82, 2.24) is 4.90 Å². The lowest BCUT2D eigenvalue weighted by Gasteiger charge is -2.27. The number of nitrogens with two attached hydrogens (primary N) is 1. The highest BCUT2D eigenvalue weighted by Gasteiger charge is 2.36. The first-order chi connectivity index (χ1) is 17.9. The molecule has 0 aliphatic carbocycles. The molecule has 0 spiro atoms. The molecule has 0 saturated carbocycles. The van der Waals surface area contributed by atoms with Gasteiger partial charge in [0.05, 0.1) is 28.9 Å². The van der Waals surface area contributed by atoms with Crippen LogP contribution in [0.15, 0.2) is 36.4 Å². The van der Waals surface area contributed by atoms with Gasteiger partial charge in [0.1, 0.15) is 12.7 Å². The van der Waals surface area contributed by atoms with E-state index < -0.39 is 18.1 Å². The molecule has 0 bridgehead atoms. The number of imide groups is 1. The molecule has 2 aliphatic heterocycles. The Morgan fingerprint density at radius 2 is 1.76 bits per heavy atom. The van der Waals surface area contributed by atoms with E-state index >= 15 is 0 Å². The molecule has 13 heteroatoms. The lowest BCUT2D eigenvalue weighted by atomic mass is 10.1. The van der Waals surface area contributed by atoms with E-state index in [0.29, 0.717) is 46.7 Å². The molecular formula is C25H30Cl2N4O6S. The van der Waals surface area contributed by atoms with Gasteiger partial charge in [-0.2, -0.15) is 0 Å². The van der Waals surface area contributed by atoms with E-state index in [0.717, 1.165) is 29.1 Å². The number of nitrogens with zero attached hydrogens (tertiary/aromatic N) is 3. The molecule has 10 nitrogen and oxygen atoms in total. The van der Waals surface area contributed by atoms with Crippen LogP contribution in [0.4, 0.5) is 16.2 Å². The molecule has 0 unspecified atom stereocenters. The molecule has 2 N–H and O–H groups in total. The number of ether oxygens (including phenoxy) is 2. The summed E-state index contributed by atoms with van der Waals surface area (Å²) < 4.78 is 11.1. The Morgan fingerprint density at radius 3 is 2.39 bits per heavy atom. The molecule has 206 valence electrons. The molecule has 0 radical (unpaired) electrons. The van der Waals surface area contributed by atoms with Crippen molar-refractivity contribution in [3.8, 4) is 0 Å². The van der Waals surface area contributed by atoms with Gasteiger partial charge in [0, 0.05) is 24.3 Å². The fraction of sp³-hybridized carbons (Fsp3) is 0.440. The third kappa shape index (κ3) is 7.23. The third-order valence-corrected chi connectivity index (χ3v) is 7.36. The first-order valence-electron chi connectivity index (χ1n) is 12.1. The molecule has 3 heterocycles. The average molecular weight is 586 g/mol. The minimum absolute atomic E-state index is 0. The van der Waals surface area contributed by atoms with Crippen molar-refractivity contribution in [2.45, 2.75) is 31.8 Å². The van der Waals surface area contributed by atoms with Crippen molar-refractivity contribution in [3.63, 3.8) is 0 Å². The Balaban J connectivity index is 0.00000400. The monoisotopic (exact) mass is 584 g/mol. The summed E-state index contributed by atoms with van der Waals surface area (Å²) in [5, 5.41) is 0. The lowest BCUT2D eigenvalue weighted by molar-refractivity contribution is -0.129. The van der Waals surface area contributed by atoms with Crippen LogP contribution in [0.2, 0.25) is 4.34 Å². The number of carbonyl (C=O) groups excluding carboxylic acids is 4. The topological polar surface area (TPSA) is 122 Å². The third-order valence-electron chi connectivity index (χ3n) is 6.14. The fourth-order valence-corrected chi connectivity index (χ4v) is 5.22. The summed E-state index contributed by atoms with van der Waals surface area (Å²) in [6.07, 6.45) is 1.13. The van der Waals surface area contributed by atoms with Gasteiger partial charge in [-0.25, -0.2) is 4.79 Å². The van der Waals surface area contributed by atoms with E-state index in [9.17, 15) is 19.2 Å². The molecule has 2 fully saturated rings. The van der Waals surface area contributed by atoms with Crippen molar-refractivity contribution in [3.05, 3.63) is 45.6 Å². The summed E-state index contributed by atoms with van der Waals surface area (Å²) in [6.45, 7) is 1.62. The summed E-state index contributed by atoms with van der Waals surface area (Å²) in [7, 11) is 0. The number of hydrogen-bond donors (Lipinski definition) is 1. The van der Waals surface area contributed by atoms with Gasteiger partial charge in [-0.1, -0.05) is 18.0 Å². The second-order valence-electron chi connectivity index (χ2n) is 8.74. The summed E-state index contributed by atoms with van der Waals surface area (Å²) >= 11 is 7.09. The first kappa shape index (κ1) is 29.9. The normalized spacial score (nSPS) is 17.3. The van der Waals surface area contributed by atoms with Crippen molar-refractivity contribution >= 4 is 70.5 Å². The van der Waals surface area contributed by atoms with Crippen molar-refractivity contribution < 1.29 is 28.7 Å². The van der Waals surface area contributed by atoms with E-state index in [1.165, 1.54) is 4.90 Å². The summed E-state index contributed by atoms with van der Waals surface area (Å²) in [5.74, 6) is -0.917. The Labute approximate surface area is 236 Å². The first-order valence-corrected chi connectivity index (χ1v) is 13.3. The number of thiophene rings is 1. The zero-order valence-corrected chi connectivity index (χ0v) is 23.1. The number of benzene rings is 1. The predicted octanol–water partition coefficient (Wildman–Crippen LogP) is 3.70. The number of rotatable bonds is 10. The van der Waals surface area contributed by atoms with Gasteiger partial charge >= 0.3 is 6.09 Å². The van der Waals surface area contributed by atoms with E-state index in [-0.39, 0.29) is 50.3 Å². The van der Waals surface area contributed by atoms with Gasteiger partial charge in [-0.3, -0.25) is 24.2 Å². The van der Waals surface area contributed by atoms with Crippen LogP contribution in [-0.2, 0) is 19.1 Å². The van der Waals surface area contributed by atoms with Crippen LogP contribution in [0, 0.1) is 0 Å². The predicted molar refractivity (Wildman–Crippen MR) is 147 cm³/mol. The lowest BCUT2D eigenvalue weighted by Crippen LogP contribution is -2.43. The Morgan fingerprint density at radius 1 is 1.05 bits per heavy atom. The van der Waals surface area contributed by atoms with E-state index in [1.54, 1.807) is 41.3 Å². The number of morpholine rings is 1. The highest BCUT2D eigenvalue weighted by molar-refractivity contribution is 7.18. The molecule has 2 aliphatic rings. The second-order valence-corrected chi connectivity index (χ2v) is 10.5. The number of anilines is 2. The number of hydrogen-bond acceptors (Lipinski definition) is 8. The van der Waals surface area contributed by atoms with Crippen LogP contribution >= 0.6 is 35.3 Å². The quantitative estimate of drug-likeness (QED) is 0.422. The van der Waals surface area contributed by atoms with Crippen LogP contribution in [0.25, 0.3) is 0 Å². The largest absolute Gasteiger partial charge is 0.442 e. The maximum absolute atomic E-state index is 13.2. The van der Waals surface area contributed by atoms with Gasteiger partial charge in [-0.05, 0) is 55.8 Å². The van der Waals surface area contributed by atoms with Gasteiger partial charge in [0.25, 0.3) is 11.8 Å². The molecule has 4 rings (SSSR count). The smallest absolute Gasteiger partial charge is 0.414 e. The second kappa shape index (κ2) is 13.9. The minimum atomic E-state index is -0.694. The molecule has 2 saturated heterocycles. The molecule has 1 aromatic heterocycles. The van der Waals surface area contributed by atoms with Crippen LogP contribution in [0.5, 0.6) is 0 Å². The summed E-state index contributed by atoms with van der Waals surface area (Å²) in [4.78, 5) is 55.5. The van der Waals surface area contributed by atoms with E-state index in [4.69, 9.17) is 26.8 Å². The minimum Gasteiger partial charge on any atom is -0.442 e. The van der Waals surface area contributed by atoms with Gasteiger partial charge in [0.15, 0.2) is 0 Å². The summed E-state index contributed by atoms with van der Waals surface area (Å²) in [5.41, 5.74) is 6.84. The summed E-state index contributed by atoms with van der Waals surface area (Å²) in [6, 6.07) is 10.2. The number of cyclic esters (lactones) is 1. The SMILES string of the molecule is Cl.NCCCCCC(=O)N(C[C@H]1CN(c2ccc(N3CCOCC3=O)cc2)C(=O)O1)C(=O)c1ccc(Cl)s1. The zero-order valence-electron chi connectivity index (χ0n) is 20.7. The Bertz CT molecular complexity index is 1150. The number of carbonyl (C=O) groups is 4. The van der Waals surface area contributed by atoms with Gasteiger partial charge < -0.3 is 20.1 Å². The molecule has 1 aromatic carbocycles. The van der Waals surface area contributed by atoms with Crippen molar-refractivity contribution in [2.24, 2.45) is 5.73 Å². The van der Waals surface area contributed by atoms with E-state index in [2.05, 4.69) is 0 Å². The van der Waals surface area contributed by atoms with Crippen LogP contribution < -0.4 is 15.5 Å². The molecule has 2 aromatic rings. The Hall–Kier alpha value is -2.70. The number of unbranched alkanes of at least 4 members (excludes halogenated alkanes) is 2. The fourth-order valence-electron chi connectivity index (χ4n) is 4.23. The van der Waals surface area contributed by atoms with Gasteiger partial charge in [0.2, 0.25) is 5.91 Å². The highest BCUT2D eigenvalue weighted by Crippen LogP contribution is 2.27. The zero-order chi connectivity index (χ0) is 26.4. The van der Waals surface area contributed by atoms with Crippen molar-refractivity contribution in [2.75, 3.05) is 49.2 Å². The number of halogens is 2. The van der Waals surface area contributed by atoms with Crippen molar-refractivity contribution in [1.29, 1.82) is 0 Å². The molecular weight excluding hydrogens is 555 g/mol. The molecule has 4 amide bonds. The maximum atomic E-state index is 13.2. The van der Waals surface area contributed by atoms with E-state index in [1.807, 2.05) is 0 Å². The van der Waals surface area contributed by atoms with Gasteiger partial charge in [-0.15, -0.1) is 23.7 Å². The van der Waals surface area contributed by atoms with Crippen LogP contribution in [-0.4, -0.2) is 74.2 Å². The molecule has 1 atom stereocenters. The standard InChI is InChI=1S/C25H29ClN4O6S.ClH/c26-21-10-9-20(37-21)24(33)30(22(31)4-2-1-3-11-27)15-19-14-29(25(34)36-19)18-7-5-17(6-8-18)28-12-13-35-16-23(28)32;/h5-10,19H,1-4,11-16,27H2;1H/t19-;/m1./s1. The van der Waals surface area contributed by atoms with Crippen LogP contribution in [0.3, 0.4) is 0 Å². The number of amides is 4. The van der Waals surface area contributed by atoms with Crippen LogP contribution in [0.1, 0.15) is 35.4 Å². The highest BCUT2D eigenvalue weighted by atomic mass is 35.5. The average Bonchev–Trinajstić information content (AvgIpc) is 3.50.